The van der Waals surface area contributed by atoms with Gasteiger partial charge in [-0.3, -0.25) is 0 Å². The summed E-state index contributed by atoms with van der Waals surface area (Å²) in [4.78, 5) is 11.6. The van der Waals surface area contributed by atoms with Gasteiger partial charge in [0.05, 0.1) is 12.7 Å². The number of nitrogens with one attached hydrogen (secondary N) is 1. The fourth-order valence-corrected chi connectivity index (χ4v) is 1.81. The van der Waals surface area contributed by atoms with Crippen LogP contribution in [0.5, 0.6) is 5.75 Å². The lowest BCUT2D eigenvalue weighted by molar-refractivity contribution is 0.0601. The molecule has 0 aromatic heterocycles. The second kappa shape index (κ2) is 6.06. The number of anilines is 1. The fraction of sp³-hybridized carbons (Fsp3) is 0.133. The minimum absolute atomic E-state index is 0.132. The zero-order valence-corrected chi connectivity index (χ0v) is 10.9. The van der Waals surface area contributed by atoms with Crippen LogP contribution in [0.25, 0.3) is 0 Å². The van der Waals surface area contributed by atoms with Gasteiger partial charge in [-0.05, 0) is 35.9 Å². The number of phenolic OH excluding ortho intramolecular Hbond substituents is 1. The van der Waals surface area contributed by atoms with E-state index >= 15 is 0 Å². The van der Waals surface area contributed by atoms with Gasteiger partial charge >= 0.3 is 5.97 Å². The molecule has 104 valence electrons. The molecule has 0 spiro atoms. The normalized spacial score (nSPS) is 10.1. The van der Waals surface area contributed by atoms with Crippen LogP contribution < -0.4 is 5.32 Å². The summed E-state index contributed by atoms with van der Waals surface area (Å²) in [5.74, 6) is -0.951. The maximum absolute atomic E-state index is 13.2. The van der Waals surface area contributed by atoms with Crippen molar-refractivity contribution in [3.8, 4) is 5.75 Å². The van der Waals surface area contributed by atoms with Crippen molar-refractivity contribution in [2.75, 3.05) is 12.4 Å². The molecule has 0 aliphatic carbocycles. The topological polar surface area (TPSA) is 58.6 Å². The Morgan fingerprint density at radius 3 is 2.80 bits per heavy atom. The Balaban J connectivity index is 2.19. The minimum Gasteiger partial charge on any atom is -0.508 e. The Labute approximate surface area is 115 Å². The summed E-state index contributed by atoms with van der Waals surface area (Å²) in [7, 11) is 1.24. The number of methoxy groups -OCH3 is 1. The van der Waals surface area contributed by atoms with Crippen molar-refractivity contribution in [1.29, 1.82) is 0 Å². The Hall–Kier alpha value is -2.56. The monoisotopic (exact) mass is 275 g/mol. The van der Waals surface area contributed by atoms with E-state index in [4.69, 9.17) is 0 Å². The molecule has 20 heavy (non-hydrogen) atoms. The molecule has 0 saturated heterocycles. The van der Waals surface area contributed by atoms with E-state index in [1.165, 1.54) is 19.2 Å². The quantitative estimate of drug-likeness (QED) is 0.842. The van der Waals surface area contributed by atoms with Crippen LogP contribution in [0, 0.1) is 5.82 Å². The summed E-state index contributed by atoms with van der Waals surface area (Å²) in [6, 6.07) is 10.6. The standard InChI is InChI=1S/C15H14FNO3/c1-20-15(19)13-8-11(16)5-6-14(13)17-9-10-3-2-4-12(18)7-10/h2-8,17-18H,9H2,1H3. The van der Waals surface area contributed by atoms with Gasteiger partial charge in [0.25, 0.3) is 0 Å². The molecule has 2 N–H and O–H groups in total. The number of carbonyl (C=O) groups excluding carboxylic acids is 1. The number of carbonyl (C=O) groups is 1. The number of benzene rings is 2. The van der Waals surface area contributed by atoms with E-state index in [9.17, 15) is 14.3 Å². The van der Waals surface area contributed by atoms with Crippen molar-refractivity contribution < 1.29 is 19.0 Å². The van der Waals surface area contributed by atoms with E-state index in [2.05, 4.69) is 10.1 Å². The molecule has 0 bridgehead atoms. The summed E-state index contributed by atoms with van der Waals surface area (Å²) in [6.07, 6.45) is 0. The van der Waals surface area contributed by atoms with Crippen molar-refractivity contribution in [2.45, 2.75) is 6.54 Å². The van der Waals surface area contributed by atoms with Crippen molar-refractivity contribution in [1.82, 2.24) is 0 Å². The van der Waals surface area contributed by atoms with E-state index in [0.29, 0.717) is 12.2 Å². The maximum Gasteiger partial charge on any atom is 0.340 e. The maximum atomic E-state index is 13.2. The van der Waals surface area contributed by atoms with Crippen molar-refractivity contribution in [3.63, 3.8) is 0 Å². The van der Waals surface area contributed by atoms with Crippen molar-refractivity contribution >= 4 is 11.7 Å². The van der Waals surface area contributed by atoms with Gasteiger partial charge in [-0.2, -0.15) is 0 Å². The van der Waals surface area contributed by atoms with Gasteiger partial charge in [0.2, 0.25) is 0 Å². The Kier molecular flexibility index (Phi) is 4.20. The molecule has 0 heterocycles. The number of rotatable bonds is 4. The van der Waals surface area contributed by atoms with E-state index in [1.54, 1.807) is 18.2 Å². The molecule has 2 rings (SSSR count). The van der Waals surface area contributed by atoms with Crippen molar-refractivity contribution in [2.24, 2.45) is 0 Å². The molecule has 0 radical (unpaired) electrons. The number of phenols is 1. The molecule has 0 amide bonds. The van der Waals surface area contributed by atoms with E-state index in [0.717, 1.165) is 11.6 Å². The first-order valence-electron chi connectivity index (χ1n) is 6.00. The largest absolute Gasteiger partial charge is 0.508 e. The van der Waals surface area contributed by atoms with Crippen LogP contribution in [0.3, 0.4) is 0 Å². The zero-order valence-electron chi connectivity index (χ0n) is 10.9. The SMILES string of the molecule is COC(=O)c1cc(F)ccc1NCc1cccc(O)c1. The van der Waals surface area contributed by atoms with Gasteiger partial charge in [0.15, 0.2) is 0 Å². The molecule has 0 aliphatic heterocycles. The predicted octanol–water partition coefficient (Wildman–Crippen LogP) is 2.93. The molecule has 2 aromatic carbocycles. The highest BCUT2D eigenvalue weighted by atomic mass is 19.1. The highest BCUT2D eigenvalue weighted by molar-refractivity contribution is 5.95. The zero-order chi connectivity index (χ0) is 14.5. The first kappa shape index (κ1) is 13.9. The van der Waals surface area contributed by atoms with Gasteiger partial charge in [-0.15, -0.1) is 0 Å². The van der Waals surface area contributed by atoms with Crippen LogP contribution in [0.2, 0.25) is 0 Å². The first-order valence-corrected chi connectivity index (χ1v) is 6.00. The summed E-state index contributed by atoms with van der Waals surface area (Å²) in [6.45, 7) is 0.393. The molecule has 0 aliphatic rings. The van der Waals surface area contributed by atoms with Crippen LogP contribution in [-0.4, -0.2) is 18.2 Å². The lowest BCUT2D eigenvalue weighted by Gasteiger charge is -2.11. The first-order chi connectivity index (χ1) is 9.60. The van der Waals surface area contributed by atoms with Crippen LogP contribution in [0.4, 0.5) is 10.1 Å². The summed E-state index contributed by atoms with van der Waals surface area (Å²) >= 11 is 0. The third-order valence-corrected chi connectivity index (χ3v) is 2.78. The highest BCUT2D eigenvalue weighted by Gasteiger charge is 2.12. The average molecular weight is 275 g/mol. The molecule has 5 heteroatoms. The molecule has 4 nitrogen and oxygen atoms in total. The Morgan fingerprint density at radius 2 is 2.10 bits per heavy atom. The van der Waals surface area contributed by atoms with Gasteiger partial charge in [0.1, 0.15) is 11.6 Å². The third kappa shape index (κ3) is 3.26. The number of ether oxygens (including phenoxy) is 1. The van der Waals surface area contributed by atoms with E-state index in [1.807, 2.05) is 6.07 Å². The van der Waals surface area contributed by atoms with Gasteiger partial charge in [-0.25, -0.2) is 9.18 Å². The molecular weight excluding hydrogens is 261 g/mol. The Morgan fingerprint density at radius 1 is 1.30 bits per heavy atom. The van der Waals surface area contributed by atoms with Gasteiger partial charge in [-0.1, -0.05) is 12.1 Å². The van der Waals surface area contributed by atoms with Crippen LogP contribution in [0.15, 0.2) is 42.5 Å². The lowest BCUT2D eigenvalue weighted by Crippen LogP contribution is -2.08. The number of hydrogen-bond donors (Lipinski definition) is 2. The number of esters is 1. The van der Waals surface area contributed by atoms with Crippen LogP contribution in [0.1, 0.15) is 15.9 Å². The number of aromatic hydroxyl groups is 1. The third-order valence-electron chi connectivity index (χ3n) is 2.78. The molecule has 0 atom stereocenters. The van der Waals surface area contributed by atoms with Gasteiger partial charge < -0.3 is 15.2 Å². The second-order valence-electron chi connectivity index (χ2n) is 4.20. The summed E-state index contributed by atoms with van der Waals surface area (Å²) < 4.78 is 17.8. The minimum atomic E-state index is -0.608. The van der Waals surface area contributed by atoms with Gasteiger partial charge in [0, 0.05) is 12.2 Å². The van der Waals surface area contributed by atoms with E-state index in [-0.39, 0.29) is 11.3 Å². The number of halogens is 1. The van der Waals surface area contributed by atoms with Crippen LogP contribution in [-0.2, 0) is 11.3 Å². The fourth-order valence-electron chi connectivity index (χ4n) is 1.81. The molecule has 2 aromatic rings. The molecular formula is C15H14FNO3. The average Bonchev–Trinajstić information content (AvgIpc) is 2.45. The molecule has 0 saturated carbocycles. The summed E-state index contributed by atoms with van der Waals surface area (Å²) in [5.41, 5.74) is 1.44. The van der Waals surface area contributed by atoms with Crippen molar-refractivity contribution in [3.05, 3.63) is 59.4 Å². The second-order valence-corrected chi connectivity index (χ2v) is 4.20. The highest BCUT2D eigenvalue weighted by Crippen LogP contribution is 2.20. The lowest BCUT2D eigenvalue weighted by atomic mass is 10.1. The molecule has 0 unspecified atom stereocenters. The number of hydrogen-bond acceptors (Lipinski definition) is 4. The summed E-state index contributed by atoms with van der Waals surface area (Å²) in [5, 5.41) is 12.4. The smallest absolute Gasteiger partial charge is 0.340 e. The van der Waals surface area contributed by atoms with E-state index < -0.39 is 11.8 Å². The molecule has 0 fully saturated rings. The van der Waals surface area contributed by atoms with Crippen LogP contribution >= 0.6 is 0 Å². The predicted molar refractivity (Wildman–Crippen MR) is 73.2 cm³/mol. The Bertz CT molecular complexity index is 628.